The molecule has 1 aromatic carbocycles. The molecule has 0 saturated heterocycles. The SMILES string of the molecule is CC1CCC(N(C)Cc2ccc(C(N)=S)cc2Cl)CC1. The molecule has 110 valence electrons. The van der Waals surface area contributed by atoms with Crippen molar-refractivity contribution in [3.05, 3.63) is 34.3 Å². The Labute approximate surface area is 132 Å². The summed E-state index contributed by atoms with van der Waals surface area (Å²) in [6.45, 7) is 3.23. The maximum absolute atomic E-state index is 6.34. The first-order valence-corrected chi connectivity index (χ1v) is 8.04. The van der Waals surface area contributed by atoms with Crippen LogP contribution in [0.4, 0.5) is 0 Å². The van der Waals surface area contributed by atoms with Crippen LogP contribution in [0.5, 0.6) is 0 Å². The van der Waals surface area contributed by atoms with Crippen molar-refractivity contribution in [1.29, 1.82) is 0 Å². The summed E-state index contributed by atoms with van der Waals surface area (Å²) in [5.41, 5.74) is 7.61. The number of rotatable bonds is 4. The van der Waals surface area contributed by atoms with Crippen LogP contribution in [-0.4, -0.2) is 23.0 Å². The quantitative estimate of drug-likeness (QED) is 0.853. The summed E-state index contributed by atoms with van der Waals surface area (Å²) >= 11 is 11.3. The molecule has 2 nitrogen and oxygen atoms in total. The first-order chi connectivity index (χ1) is 9.47. The molecule has 2 rings (SSSR count). The van der Waals surface area contributed by atoms with E-state index in [-0.39, 0.29) is 0 Å². The number of benzene rings is 1. The summed E-state index contributed by atoms with van der Waals surface area (Å²) in [5.74, 6) is 0.882. The van der Waals surface area contributed by atoms with Gasteiger partial charge in [-0.25, -0.2) is 0 Å². The van der Waals surface area contributed by atoms with Crippen molar-refractivity contribution in [3.63, 3.8) is 0 Å². The van der Waals surface area contributed by atoms with Crippen molar-refractivity contribution in [3.8, 4) is 0 Å². The van der Waals surface area contributed by atoms with E-state index >= 15 is 0 Å². The molecule has 1 aromatic rings. The smallest absolute Gasteiger partial charge is 0.104 e. The zero-order valence-electron chi connectivity index (χ0n) is 12.2. The highest BCUT2D eigenvalue weighted by Gasteiger charge is 2.22. The topological polar surface area (TPSA) is 29.3 Å². The Bertz CT molecular complexity index is 481. The van der Waals surface area contributed by atoms with Crippen LogP contribution in [0.15, 0.2) is 18.2 Å². The normalized spacial score (nSPS) is 23.0. The van der Waals surface area contributed by atoms with Crippen LogP contribution < -0.4 is 5.73 Å². The Morgan fingerprint density at radius 3 is 2.55 bits per heavy atom. The maximum Gasteiger partial charge on any atom is 0.104 e. The number of nitrogens with two attached hydrogens (primary N) is 1. The number of halogens is 1. The lowest BCUT2D eigenvalue weighted by Crippen LogP contribution is -2.34. The van der Waals surface area contributed by atoms with Crippen molar-refractivity contribution in [1.82, 2.24) is 4.90 Å². The second-order valence-corrected chi connectivity index (χ2v) is 6.85. The molecule has 1 fully saturated rings. The van der Waals surface area contributed by atoms with E-state index in [1.807, 2.05) is 18.2 Å². The molecule has 1 aliphatic carbocycles. The third-order valence-corrected chi connectivity index (χ3v) is 4.95. The van der Waals surface area contributed by atoms with Gasteiger partial charge in [-0.3, -0.25) is 4.90 Å². The minimum atomic E-state index is 0.396. The van der Waals surface area contributed by atoms with Gasteiger partial charge in [-0.1, -0.05) is 42.9 Å². The molecule has 0 aromatic heterocycles. The highest BCUT2D eigenvalue weighted by Crippen LogP contribution is 2.28. The zero-order valence-corrected chi connectivity index (χ0v) is 13.8. The van der Waals surface area contributed by atoms with Gasteiger partial charge in [-0.15, -0.1) is 0 Å². The van der Waals surface area contributed by atoms with Crippen LogP contribution in [0.2, 0.25) is 5.02 Å². The lowest BCUT2D eigenvalue weighted by molar-refractivity contribution is 0.164. The summed E-state index contributed by atoms with van der Waals surface area (Å²) in [6.07, 6.45) is 5.26. The van der Waals surface area contributed by atoms with Gasteiger partial charge in [0.15, 0.2) is 0 Å². The molecule has 0 heterocycles. The molecule has 0 spiro atoms. The van der Waals surface area contributed by atoms with Crippen molar-refractivity contribution < 1.29 is 0 Å². The van der Waals surface area contributed by atoms with Crippen molar-refractivity contribution >= 4 is 28.8 Å². The summed E-state index contributed by atoms with van der Waals surface area (Å²) in [6, 6.07) is 6.55. The molecule has 1 saturated carbocycles. The van der Waals surface area contributed by atoms with Gasteiger partial charge in [0.2, 0.25) is 0 Å². The van der Waals surface area contributed by atoms with Gasteiger partial charge in [0.05, 0.1) is 0 Å². The minimum Gasteiger partial charge on any atom is -0.389 e. The Hall–Kier alpha value is -0.640. The van der Waals surface area contributed by atoms with Crippen LogP contribution in [0.1, 0.15) is 43.7 Å². The van der Waals surface area contributed by atoms with Gasteiger partial charge in [0, 0.05) is 23.2 Å². The third-order valence-electron chi connectivity index (χ3n) is 4.37. The number of thiocarbonyl (C=S) groups is 1. The first-order valence-electron chi connectivity index (χ1n) is 7.26. The van der Waals surface area contributed by atoms with Gasteiger partial charge in [-0.05, 0) is 50.3 Å². The highest BCUT2D eigenvalue weighted by molar-refractivity contribution is 7.80. The summed E-state index contributed by atoms with van der Waals surface area (Å²) in [5, 5.41) is 0.756. The third kappa shape index (κ3) is 3.94. The predicted molar refractivity (Wildman–Crippen MR) is 90.2 cm³/mol. The fraction of sp³-hybridized carbons (Fsp3) is 0.562. The molecule has 0 aliphatic heterocycles. The fourth-order valence-corrected chi connectivity index (χ4v) is 3.28. The molecule has 0 radical (unpaired) electrons. The Morgan fingerprint density at radius 1 is 1.35 bits per heavy atom. The van der Waals surface area contributed by atoms with E-state index in [0.29, 0.717) is 11.0 Å². The minimum absolute atomic E-state index is 0.396. The average Bonchev–Trinajstić information content (AvgIpc) is 2.41. The van der Waals surface area contributed by atoms with E-state index in [2.05, 4.69) is 18.9 Å². The van der Waals surface area contributed by atoms with Crippen LogP contribution in [0.25, 0.3) is 0 Å². The van der Waals surface area contributed by atoms with Crippen molar-refractivity contribution in [2.45, 2.75) is 45.2 Å². The molecule has 0 bridgehead atoms. The predicted octanol–water partition coefficient (Wildman–Crippen LogP) is 3.98. The van der Waals surface area contributed by atoms with Gasteiger partial charge in [-0.2, -0.15) is 0 Å². The molecule has 2 N–H and O–H groups in total. The Morgan fingerprint density at radius 2 is 2.00 bits per heavy atom. The molecule has 0 atom stereocenters. The summed E-state index contributed by atoms with van der Waals surface area (Å²) < 4.78 is 0. The number of nitrogens with zero attached hydrogens (tertiary/aromatic N) is 1. The molecular formula is C16H23ClN2S. The van der Waals surface area contributed by atoms with E-state index in [4.69, 9.17) is 29.6 Å². The molecule has 4 heteroatoms. The standard InChI is InChI=1S/C16H23ClN2S/c1-11-3-7-14(8-4-11)19(2)10-13-6-5-12(16(18)20)9-15(13)17/h5-6,9,11,14H,3-4,7-8,10H2,1-2H3,(H2,18,20). The van der Waals surface area contributed by atoms with E-state index in [9.17, 15) is 0 Å². The van der Waals surface area contributed by atoms with Crippen LogP contribution in [0.3, 0.4) is 0 Å². The molecular weight excluding hydrogens is 288 g/mol. The van der Waals surface area contributed by atoms with Gasteiger partial charge < -0.3 is 5.73 Å². The number of hydrogen-bond acceptors (Lipinski definition) is 2. The van der Waals surface area contributed by atoms with E-state index in [1.54, 1.807) is 0 Å². The fourth-order valence-electron chi connectivity index (χ4n) is 2.91. The van der Waals surface area contributed by atoms with Crippen molar-refractivity contribution in [2.75, 3.05) is 7.05 Å². The Balaban J connectivity index is 2.00. The molecule has 0 unspecified atom stereocenters. The monoisotopic (exact) mass is 310 g/mol. The van der Waals surface area contributed by atoms with E-state index in [0.717, 1.165) is 28.6 Å². The second kappa shape index (κ2) is 6.88. The average molecular weight is 311 g/mol. The molecule has 0 amide bonds. The van der Waals surface area contributed by atoms with Gasteiger partial charge in [0.25, 0.3) is 0 Å². The van der Waals surface area contributed by atoms with E-state index in [1.165, 1.54) is 25.7 Å². The lowest BCUT2D eigenvalue weighted by atomic mass is 9.86. The Kier molecular flexibility index (Phi) is 5.42. The number of hydrogen-bond donors (Lipinski definition) is 1. The van der Waals surface area contributed by atoms with Crippen molar-refractivity contribution in [2.24, 2.45) is 11.7 Å². The second-order valence-electron chi connectivity index (χ2n) is 6.00. The maximum atomic E-state index is 6.34. The molecule has 1 aliphatic rings. The first kappa shape index (κ1) is 15.7. The van der Waals surface area contributed by atoms with Crippen LogP contribution >= 0.6 is 23.8 Å². The van der Waals surface area contributed by atoms with E-state index < -0.39 is 0 Å². The van der Waals surface area contributed by atoms with Gasteiger partial charge in [0.1, 0.15) is 4.99 Å². The summed E-state index contributed by atoms with van der Waals surface area (Å²) in [7, 11) is 2.19. The molecule has 20 heavy (non-hydrogen) atoms. The van der Waals surface area contributed by atoms with Crippen LogP contribution in [0, 0.1) is 5.92 Å². The highest BCUT2D eigenvalue weighted by atomic mass is 35.5. The summed E-state index contributed by atoms with van der Waals surface area (Å²) in [4.78, 5) is 2.82. The van der Waals surface area contributed by atoms with Crippen LogP contribution in [-0.2, 0) is 6.54 Å². The zero-order chi connectivity index (χ0) is 14.7. The van der Waals surface area contributed by atoms with Gasteiger partial charge >= 0.3 is 0 Å². The largest absolute Gasteiger partial charge is 0.389 e. The lowest BCUT2D eigenvalue weighted by Gasteiger charge is -2.33.